The first-order chi connectivity index (χ1) is 19.7. The van der Waals surface area contributed by atoms with Gasteiger partial charge in [-0.15, -0.1) is 0 Å². The monoisotopic (exact) mass is 549 g/mol. The number of hydrogen-bond donors (Lipinski definition) is 3. The molecule has 7 nitrogen and oxygen atoms in total. The fourth-order valence-electron chi connectivity index (χ4n) is 4.88. The lowest BCUT2D eigenvalue weighted by Gasteiger charge is -2.27. The number of aromatic amines is 1. The van der Waals surface area contributed by atoms with Crippen molar-refractivity contribution in [3.8, 4) is 23.0 Å². The third kappa shape index (κ3) is 6.85. The number of hydrogen-bond acceptors (Lipinski definition) is 4. The molecular formula is C34H39N5O2. The van der Waals surface area contributed by atoms with E-state index in [9.17, 15) is 9.59 Å². The maximum atomic E-state index is 14.0. The second-order valence-corrected chi connectivity index (χ2v) is 10.8. The van der Waals surface area contributed by atoms with Gasteiger partial charge in [0.05, 0.1) is 6.54 Å². The summed E-state index contributed by atoms with van der Waals surface area (Å²) in [6.45, 7) is 11.3. The van der Waals surface area contributed by atoms with Gasteiger partial charge in [-0.05, 0) is 83.0 Å². The number of anilines is 2. The number of benzene rings is 2. The summed E-state index contributed by atoms with van der Waals surface area (Å²) in [5, 5.41) is 3.99. The predicted molar refractivity (Wildman–Crippen MR) is 170 cm³/mol. The summed E-state index contributed by atoms with van der Waals surface area (Å²) in [6.07, 6.45) is 3.27. The molecule has 2 amide bonds. The lowest BCUT2D eigenvalue weighted by atomic mass is 9.88. The SMILES string of the molecule is CCCCN(C(=O)Nc1c(C(C)C)cc(-c2cccc(C#CCN)c2)cc1C(C)C)c1cc2cccnc2[nH]c1=O. The van der Waals surface area contributed by atoms with Gasteiger partial charge in [0.15, 0.2) is 0 Å². The molecule has 0 fully saturated rings. The number of urea groups is 1. The van der Waals surface area contributed by atoms with E-state index in [1.54, 1.807) is 17.2 Å². The molecule has 0 saturated carbocycles. The molecule has 0 aliphatic rings. The molecule has 0 saturated heterocycles. The molecule has 41 heavy (non-hydrogen) atoms. The van der Waals surface area contributed by atoms with Gasteiger partial charge in [-0.25, -0.2) is 9.78 Å². The van der Waals surface area contributed by atoms with Crippen molar-refractivity contribution >= 4 is 28.4 Å². The molecule has 0 aliphatic carbocycles. The van der Waals surface area contributed by atoms with Crippen LogP contribution in [0.25, 0.3) is 22.2 Å². The zero-order valence-electron chi connectivity index (χ0n) is 24.5. The lowest BCUT2D eigenvalue weighted by Crippen LogP contribution is -2.39. The smallest absolute Gasteiger partial charge is 0.320 e. The van der Waals surface area contributed by atoms with Crippen molar-refractivity contribution in [3.63, 3.8) is 0 Å². The van der Waals surface area contributed by atoms with Crippen LogP contribution in [0.4, 0.5) is 16.2 Å². The first kappa shape index (κ1) is 29.6. The highest BCUT2D eigenvalue weighted by Crippen LogP contribution is 2.37. The Labute approximate surface area is 242 Å². The predicted octanol–water partition coefficient (Wildman–Crippen LogP) is 6.99. The van der Waals surface area contributed by atoms with Gasteiger partial charge in [-0.1, -0.05) is 65.0 Å². The summed E-state index contributed by atoms with van der Waals surface area (Å²) in [7, 11) is 0. The Kier molecular flexibility index (Phi) is 9.59. The van der Waals surface area contributed by atoms with Crippen LogP contribution in [-0.2, 0) is 0 Å². The third-order valence-electron chi connectivity index (χ3n) is 7.07. The van der Waals surface area contributed by atoms with Crippen molar-refractivity contribution in [2.45, 2.75) is 59.3 Å². The molecule has 2 aromatic carbocycles. The molecule has 0 unspecified atom stereocenters. The third-order valence-corrected chi connectivity index (χ3v) is 7.07. The van der Waals surface area contributed by atoms with Crippen molar-refractivity contribution < 1.29 is 4.79 Å². The second-order valence-electron chi connectivity index (χ2n) is 10.8. The Bertz CT molecular complexity index is 1630. The number of carbonyl (C=O) groups excluding carboxylic acids is 1. The van der Waals surface area contributed by atoms with Crippen LogP contribution in [0.1, 0.15) is 76.0 Å². The first-order valence-corrected chi connectivity index (χ1v) is 14.3. The second kappa shape index (κ2) is 13.3. The Balaban J connectivity index is 1.79. The van der Waals surface area contributed by atoms with Crippen molar-refractivity contribution in [2.24, 2.45) is 5.73 Å². The number of nitrogens with zero attached hydrogens (tertiary/aromatic N) is 2. The summed E-state index contributed by atoms with van der Waals surface area (Å²) in [5.74, 6) is 6.32. The molecule has 7 heteroatoms. The maximum absolute atomic E-state index is 14.0. The highest BCUT2D eigenvalue weighted by Gasteiger charge is 2.24. The summed E-state index contributed by atoms with van der Waals surface area (Å²) in [6, 6.07) is 17.5. The van der Waals surface area contributed by atoms with E-state index < -0.39 is 0 Å². The molecule has 212 valence electrons. The first-order valence-electron chi connectivity index (χ1n) is 14.3. The van der Waals surface area contributed by atoms with E-state index in [4.69, 9.17) is 5.73 Å². The van der Waals surface area contributed by atoms with Gasteiger partial charge in [0, 0.05) is 29.4 Å². The standard InChI is InChI=1S/C34H39N5O2/c1-6-7-17-39(30-21-26-14-10-16-36-32(26)38-33(30)40)34(41)37-31-28(22(2)3)19-27(20-29(31)23(4)5)25-13-8-11-24(18-25)12-9-15-35/h8,10-11,13-14,16,18-23H,6-7,15,17,35H2,1-5H3,(H,37,41)(H,36,38,40). The number of fused-ring (bicyclic) bond motifs is 1. The van der Waals surface area contributed by atoms with E-state index in [1.165, 1.54) is 0 Å². The van der Waals surface area contributed by atoms with Gasteiger partial charge < -0.3 is 16.0 Å². The quantitative estimate of drug-likeness (QED) is 0.206. The zero-order valence-corrected chi connectivity index (χ0v) is 24.5. The number of amides is 2. The van der Waals surface area contributed by atoms with Gasteiger partial charge in [0.25, 0.3) is 5.56 Å². The number of aromatic nitrogens is 2. The summed E-state index contributed by atoms with van der Waals surface area (Å²) >= 11 is 0. The fourth-order valence-corrected chi connectivity index (χ4v) is 4.88. The number of carbonyl (C=O) groups is 1. The normalized spacial score (nSPS) is 11.0. The van der Waals surface area contributed by atoms with Crippen molar-refractivity contribution in [2.75, 3.05) is 23.3 Å². The van der Waals surface area contributed by atoms with Crippen LogP contribution in [0.5, 0.6) is 0 Å². The molecule has 2 aromatic heterocycles. The van der Waals surface area contributed by atoms with Gasteiger partial charge in [0.2, 0.25) is 0 Å². The number of H-pyrrole nitrogens is 1. The summed E-state index contributed by atoms with van der Waals surface area (Å²) in [4.78, 5) is 35.7. The van der Waals surface area contributed by atoms with Crippen molar-refractivity contribution in [1.82, 2.24) is 9.97 Å². The van der Waals surface area contributed by atoms with Crippen molar-refractivity contribution in [1.29, 1.82) is 0 Å². The van der Waals surface area contributed by atoms with Crippen LogP contribution in [0, 0.1) is 11.8 Å². The zero-order chi connectivity index (χ0) is 29.5. The minimum absolute atomic E-state index is 0.141. The molecule has 4 aromatic rings. The molecule has 4 N–H and O–H groups in total. The van der Waals surface area contributed by atoms with Crippen LogP contribution in [-0.4, -0.2) is 29.1 Å². The number of pyridine rings is 2. The topological polar surface area (TPSA) is 104 Å². The van der Waals surface area contributed by atoms with E-state index >= 15 is 0 Å². The van der Waals surface area contributed by atoms with Crippen LogP contribution < -0.4 is 21.5 Å². The van der Waals surface area contributed by atoms with Gasteiger partial charge in [0.1, 0.15) is 11.3 Å². The number of nitrogens with two attached hydrogens (primary N) is 1. The molecular weight excluding hydrogens is 510 g/mol. The van der Waals surface area contributed by atoms with Gasteiger partial charge in [-0.3, -0.25) is 9.69 Å². The van der Waals surface area contributed by atoms with Gasteiger partial charge in [-0.2, -0.15) is 0 Å². The van der Waals surface area contributed by atoms with E-state index in [0.29, 0.717) is 24.4 Å². The number of unbranched alkanes of at least 4 members (excludes halogenated alkanes) is 1. The molecule has 0 bridgehead atoms. The van der Waals surface area contributed by atoms with E-state index in [1.807, 2.05) is 24.3 Å². The van der Waals surface area contributed by atoms with Crippen LogP contribution in [0.2, 0.25) is 0 Å². The largest absolute Gasteiger partial charge is 0.326 e. The number of rotatable bonds is 8. The molecule has 2 heterocycles. The highest BCUT2D eigenvalue weighted by molar-refractivity contribution is 6.03. The van der Waals surface area contributed by atoms with Gasteiger partial charge >= 0.3 is 6.03 Å². The average Bonchev–Trinajstić information content (AvgIpc) is 2.96. The Morgan fingerprint density at radius 3 is 2.41 bits per heavy atom. The minimum atomic E-state index is -0.344. The molecule has 0 atom stereocenters. The van der Waals surface area contributed by atoms with E-state index in [0.717, 1.165) is 51.7 Å². The molecule has 0 aliphatic heterocycles. The highest BCUT2D eigenvalue weighted by atomic mass is 16.2. The Morgan fingerprint density at radius 1 is 1.02 bits per heavy atom. The van der Waals surface area contributed by atoms with Crippen LogP contribution >= 0.6 is 0 Å². The Hall–Kier alpha value is -4.41. The molecule has 0 spiro atoms. The molecule has 4 rings (SSSR count). The molecule has 0 radical (unpaired) electrons. The average molecular weight is 550 g/mol. The minimum Gasteiger partial charge on any atom is -0.320 e. The van der Waals surface area contributed by atoms with Crippen molar-refractivity contribution in [3.05, 3.63) is 87.8 Å². The van der Waals surface area contributed by atoms with E-state index in [-0.39, 0.29) is 23.4 Å². The summed E-state index contributed by atoms with van der Waals surface area (Å²) in [5.41, 5.74) is 11.9. The lowest BCUT2D eigenvalue weighted by molar-refractivity contribution is 0.256. The fraction of sp³-hybridized carbons (Fsp3) is 0.324. The maximum Gasteiger partial charge on any atom is 0.326 e. The van der Waals surface area contributed by atoms with Crippen LogP contribution in [0.15, 0.2) is 65.6 Å². The van der Waals surface area contributed by atoms with Crippen LogP contribution in [0.3, 0.4) is 0 Å². The van der Waals surface area contributed by atoms with E-state index in [2.05, 4.69) is 86.0 Å². The Morgan fingerprint density at radius 2 is 1.76 bits per heavy atom. The number of nitrogens with one attached hydrogen (secondary N) is 2. The summed E-state index contributed by atoms with van der Waals surface area (Å²) < 4.78 is 0.